The number of nitrogens with one attached hydrogen (secondary N) is 1. The van der Waals surface area contributed by atoms with E-state index in [9.17, 15) is 13.2 Å². The molecule has 1 aromatic rings. The highest BCUT2D eigenvalue weighted by molar-refractivity contribution is 7.91. The third-order valence-corrected chi connectivity index (χ3v) is 8.93. The molecule has 1 N–H and O–H groups in total. The number of rotatable bonds is 5. The smallest absolute Gasteiger partial charge is 0.252 e. The third kappa shape index (κ3) is 4.44. The average Bonchev–Trinajstić information content (AvgIpc) is 3.17. The molecule has 1 atom stereocenters. The van der Waals surface area contributed by atoms with Crippen molar-refractivity contribution in [3.63, 3.8) is 0 Å². The van der Waals surface area contributed by atoms with E-state index in [4.69, 9.17) is 0 Å². The number of carbonyl (C=O) groups is 1. The van der Waals surface area contributed by atoms with Gasteiger partial charge >= 0.3 is 0 Å². The Balaban J connectivity index is 1.52. The third-order valence-electron chi connectivity index (χ3n) is 5.66. The Bertz CT molecular complexity index is 659. The molecule has 1 aromatic heterocycles. The largest absolute Gasteiger partial charge is 0.353 e. The first-order valence-corrected chi connectivity index (χ1v) is 11.6. The quantitative estimate of drug-likeness (QED) is 0.847. The zero-order valence-corrected chi connectivity index (χ0v) is 16.4. The summed E-state index contributed by atoms with van der Waals surface area (Å²) in [4.78, 5) is 12.5. The molecule has 7 heteroatoms. The van der Waals surface area contributed by atoms with Crippen LogP contribution in [0.1, 0.15) is 51.9 Å². The number of hydrogen-bond donors (Lipinski definition) is 1. The lowest BCUT2D eigenvalue weighted by Crippen LogP contribution is -2.45. The molecule has 140 valence electrons. The van der Waals surface area contributed by atoms with Crippen molar-refractivity contribution in [3.8, 4) is 0 Å². The minimum Gasteiger partial charge on any atom is -0.353 e. The molecule has 2 fully saturated rings. The molecule has 5 nitrogen and oxygen atoms in total. The minimum atomic E-state index is -3.36. The summed E-state index contributed by atoms with van der Waals surface area (Å²) in [6, 6.07) is 3.76. The zero-order valence-electron chi connectivity index (χ0n) is 14.8. The molecular weight excluding hydrogens is 356 g/mol. The summed E-state index contributed by atoms with van der Waals surface area (Å²) in [5.74, 6) is 0.360. The zero-order chi connectivity index (χ0) is 17.9. The van der Waals surface area contributed by atoms with Crippen molar-refractivity contribution in [3.05, 3.63) is 17.5 Å². The Labute approximate surface area is 154 Å². The van der Waals surface area contributed by atoms with Crippen molar-refractivity contribution in [2.24, 2.45) is 11.8 Å². The van der Waals surface area contributed by atoms with Gasteiger partial charge in [-0.05, 0) is 43.0 Å². The van der Waals surface area contributed by atoms with Crippen LogP contribution >= 0.6 is 11.3 Å². The lowest BCUT2D eigenvalue weighted by Gasteiger charge is -2.34. The highest BCUT2D eigenvalue weighted by Crippen LogP contribution is 2.30. The molecule has 1 saturated carbocycles. The maximum absolute atomic E-state index is 12.6. The van der Waals surface area contributed by atoms with E-state index in [2.05, 4.69) is 5.32 Å². The first-order chi connectivity index (χ1) is 12.0. The summed E-state index contributed by atoms with van der Waals surface area (Å²) in [6.07, 6.45) is 7.38. The number of carbonyl (C=O) groups excluding carboxylic acids is 1. The Morgan fingerprint density at radius 1 is 1.20 bits per heavy atom. The molecule has 3 rings (SSSR count). The Kier molecular flexibility index (Phi) is 6.17. The summed E-state index contributed by atoms with van der Waals surface area (Å²) in [7, 11) is -3.36. The highest BCUT2D eigenvalue weighted by atomic mass is 32.2. The summed E-state index contributed by atoms with van der Waals surface area (Å²) in [5, 5.41) is 5.00. The number of amides is 1. The Morgan fingerprint density at radius 2 is 1.88 bits per heavy atom. The topological polar surface area (TPSA) is 66.5 Å². The van der Waals surface area contributed by atoms with Crippen LogP contribution in [0.3, 0.4) is 0 Å². The van der Waals surface area contributed by atoms with Gasteiger partial charge in [0.05, 0.1) is 0 Å². The van der Waals surface area contributed by atoms with E-state index in [0.717, 1.165) is 25.7 Å². The van der Waals surface area contributed by atoms with Crippen LogP contribution in [0.5, 0.6) is 0 Å². The second kappa shape index (κ2) is 8.18. The molecule has 0 spiro atoms. The van der Waals surface area contributed by atoms with Crippen molar-refractivity contribution in [1.29, 1.82) is 0 Å². The van der Waals surface area contributed by atoms with E-state index in [1.165, 1.54) is 30.6 Å². The molecule has 1 amide bonds. The van der Waals surface area contributed by atoms with Crippen LogP contribution in [0.4, 0.5) is 0 Å². The maximum Gasteiger partial charge on any atom is 0.252 e. The van der Waals surface area contributed by atoms with Crippen LogP contribution < -0.4 is 5.32 Å². The summed E-state index contributed by atoms with van der Waals surface area (Å²) >= 11 is 1.26. The molecule has 1 aliphatic heterocycles. The van der Waals surface area contributed by atoms with Gasteiger partial charge in [-0.2, -0.15) is 4.31 Å². The Hall–Kier alpha value is -0.920. The molecule has 0 unspecified atom stereocenters. The summed E-state index contributed by atoms with van der Waals surface area (Å²) < 4.78 is 27.1. The normalized spacial score (nSPS) is 22.6. The van der Waals surface area contributed by atoms with Crippen LogP contribution in [-0.4, -0.2) is 37.8 Å². The van der Waals surface area contributed by atoms with Crippen molar-refractivity contribution in [2.75, 3.05) is 13.1 Å². The van der Waals surface area contributed by atoms with E-state index < -0.39 is 10.0 Å². The summed E-state index contributed by atoms with van der Waals surface area (Å²) in [6.45, 7) is 3.00. The fourth-order valence-corrected chi connectivity index (χ4v) is 6.56. The number of nitrogens with zero attached hydrogens (tertiary/aromatic N) is 1. The predicted molar refractivity (Wildman–Crippen MR) is 100.0 cm³/mol. The monoisotopic (exact) mass is 384 g/mol. The number of piperidine rings is 1. The van der Waals surface area contributed by atoms with Crippen LogP contribution in [0.15, 0.2) is 21.7 Å². The van der Waals surface area contributed by atoms with Crippen molar-refractivity contribution < 1.29 is 13.2 Å². The molecule has 0 aromatic carbocycles. The molecule has 0 radical (unpaired) electrons. The van der Waals surface area contributed by atoms with Gasteiger partial charge in [0.15, 0.2) is 0 Å². The van der Waals surface area contributed by atoms with Gasteiger partial charge < -0.3 is 5.32 Å². The predicted octanol–water partition coefficient (Wildman–Crippen LogP) is 3.23. The van der Waals surface area contributed by atoms with Gasteiger partial charge in [0.1, 0.15) is 4.21 Å². The fraction of sp³-hybridized carbons (Fsp3) is 0.722. The standard InChI is InChI=1S/C18H28N2O3S2/c1-14(18(21)19-16-6-3-2-4-7-16)15-9-11-20(12-10-15)25(22,23)17-8-5-13-24-17/h5,8,13-16H,2-4,6-7,9-12H2,1H3,(H,19,21)/t14-/m0/s1. The van der Waals surface area contributed by atoms with E-state index in [-0.39, 0.29) is 17.7 Å². The second-order valence-corrected chi connectivity index (χ2v) is 10.4. The van der Waals surface area contributed by atoms with E-state index >= 15 is 0 Å². The molecule has 1 aliphatic carbocycles. The average molecular weight is 385 g/mol. The molecule has 0 bridgehead atoms. The van der Waals surface area contributed by atoms with E-state index in [0.29, 0.717) is 23.3 Å². The molecule has 1 saturated heterocycles. The highest BCUT2D eigenvalue weighted by Gasteiger charge is 2.34. The SMILES string of the molecule is C[C@H](C(=O)NC1CCCCC1)C1CCN(S(=O)(=O)c2cccs2)CC1. The minimum absolute atomic E-state index is 0.0477. The first kappa shape index (κ1) is 18.9. The van der Waals surface area contributed by atoms with E-state index in [1.807, 2.05) is 6.92 Å². The number of sulfonamides is 1. The van der Waals surface area contributed by atoms with Gasteiger partial charge in [-0.3, -0.25) is 4.79 Å². The van der Waals surface area contributed by atoms with Crippen molar-refractivity contribution >= 4 is 27.3 Å². The van der Waals surface area contributed by atoms with Gasteiger partial charge in [0, 0.05) is 25.0 Å². The van der Waals surface area contributed by atoms with Gasteiger partial charge in [0.25, 0.3) is 10.0 Å². The van der Waals surface area contributed by atoms with Crippen molar-refractivity contribution in [2.45, 2.75) is 62.1 Å². The first-order valence-electron chi connectivity index (χ1n) is 9.32. The molecular formula is C18H28N2O3S2. The Morgan fingerprint density at radius 3 is 2.48 bits per heavy atom. The van der Waals surface area contributed by atoms with Crippen LogP contribution in [-0.2, 0) is 14.8 Å². The van der Waals surface area contributed by atoms with Gasteiger partial charge in [-0.25, -0.2) is 8.42 Å². The van der Waals surface area contributed by atoms with E-state index in [1.54, 1.807) is 21.8 Å². The summed E-state index contributed by atoms with van der Waals surface area (Å²) in [5.41, 5.74) is 0. The lowest BCUT2D eigenvalue weighted by atomic mass is 9.85. The van der Waals surface area contributed by atoms with Gasteiger partial charge in [-0.1, -0.05) is 32.3 Å². The number of hydrogen-bond acceptors (Lipinski definition) is 4. The molecule has 2 aliphatic rings. The van der Waals surface area contributed by atoms with Crippen LogP contribution in [0, 0.1) is 11.8 Å². The second-order valence-electron chi connectivity index (χ2n) is 7.31. The maximum atomic E-state index is 12.6. The number of thiophene rings is 1. The van der Waals surface area contributed by atoms with Gasteiger partial charge in [0.2, 0.25) is 5.91 Å². The molecule has 2 heterocycles. The van der Waals surface area contributed by atoms with Crippen molar-refractivity contribution in [1.82, 2.24) is 9.62 Å². The fourth-order valence-electron chi connectivity index (χ4n) is 3.95. The van der Waals surface area contributed by atoms with Crippen LogP contribution in [0.2, 0.25) is 0 Å². The van der Waals surface area contributed by atoms with Gasteiger partial charge in [-0.15, -0.1) is 11.3 Å². The molecule has 25 heavy (non-hydrogen) atoms. The van der Waals surface area contributed by atoms with Crippen LogP contribution in [0.25, 0.3) is 0 Å². The lowest BCUT2D eigenvalue weighted by molar-refractivity contribution is -0.127.